The van der Waals surface area contributed by atoms with Gasteiger partial charge < -0.3 is 10.0 Å². The van der Waals surface area contributed by atoms with Crippen LogP contribution in [0.3, 0.4) is 0 Å². The van der Waals surface area contributed by atoms with Gasteiger partial charge in [-0.05, 0) is 11.1 Å². The number of hydrogen-bond donors (Lipinski definition) is 1. The summed E-state index contributed by atoms with van der Waals surface area (Å²) in [5.41, 5.74) is 2.63. The van der Waals surface area contributed by atoms with Crippen LogP contribution in [0.4, 0.5) is 5.13 Å². The third-order valence-electron chi connectivity index (χ3n) is 2.83. The van der Waals surface area contributed by atoms with Gasteiger partial charge in [0.25, 0.3) is 0 Å². The van der Waals surface area contributed by atoms with Crippen LogP contribution in [-0.4, -0.2) is 27.0 Å². The molecule has 0 atom stereocenters. The van der Waals surface area contributed by atoms with Gasteiger partial charge in [0.15, 0.2) is 4.34 Å². The maximum Gasteiger partial charge on any atom is 0.313 e. The predicted molar refractivity (Wildman–Crippen MR) is 74.6 cm³/mol. The van der Waals surface area contributed by atoms with Crippen LogP contribution in [0.25, 0.3) is 0 Å². The van der Waals surface area contributed by atoms with Gasteiger partial charge in [-0.2, -0.15) is 0 Å². The number of benzene rings is 1. The molecule has 98 valence electrons. The first-order valence-corrected chi connectivity index (χ1v) is 7.52. The number of fused-ring (bicyclic) bond motifs is 1. The van der Waals surface area contributed by atoms with E-state index >= 15 is 0 Å². The van der Waals surface area contributed by atoms with Crippen molar-refractivity contribution in [3.05, 3.63) is 35.4 Å². The molecule has 5 nitrogen and oxygen atoms in total. The third kappa shape index (κ3) is 2.71. The summed E-state index contributed by atoms with van der Waals surface area (Å²) in [4.78, 5) is 12.7. The Morgan fingerprint density at radius 1 is 1.32 bits per heavy atom. The van der Waals surface area contributed by atoms with Crippen LogP contribution in [0.2, 0.25) is 0 Å². The van der Waals surface area contributed by atoms with Crippen LogP contribution < -0.4 is 4.90 Å². The Kier molecular flexibility index (Phi) is 3.39. The number of carboxylic acids is 1. The first kappa shape index (κ1) is 12.4. The number of anilines is 1. The Balaban J connectivity index is 1.70. The van der Waals surface area contributed by atoms with Gasteiger partial charge >= 0.3 is 5.97 Å². The van der Waals surface area contributed by atoms with Gasteiger partial charge in [0.1, 0.15) is 0 Å². The molecule has 0 aliphatic carbocycles. The molecular weight excluding hydrogens is 282 g/mol. The summed E-state index contributed by atoms with van der Waals surface area (Å²) >= 11 is 2.66. The lowest BCUT2D eigenvalue weighted by molar-refractivity contribution is -0.133. The van der Waals surface area contributed by atoms with E-state index in [9.17, 15) is 4.79 Å². The molecule has 19 heavy (non-hydrogen) atoms. The lowest BCUT2D eigenvalue weighted by Crippen LogP contribution is -2.13. The van der Waals surface area contributed by atoms with Crippen LogP contribution in [0.1, 0.15) is 11.1 Å². The molecule has 1 aliphatic rings. The highest BCUT2D eigenvalue weighted by molar-refractivity contribution is 8.01. The Morgan fingerprint density at radius 3 is 2.63 bits per heavy atom. The van der Waals surface area contributed by atoms with Gasteiger partial charge in [-0.1, -0.05) is 47.4 Å². The molecule has 1 aliphatic heterocycles. The molecule has 2 aromatic rings. The normalized spacial score (nSPS) is 13.6. The third-order valence-corrected chi connectivity index (χ3v) is 4.93. The minimum atomic E-state index is -0.838. The van der Waals surface area contributed by atoms with E-state index in [0.29, 0.717) is 4.34 Å². The van der Waals surface area contributed by atoms with Crippen molar-refractivity contribution in [2.45, 2.75) is 17.4 Å². The van der Waals surface area contributed by atoms with Crippen molar-refractivity contribution in [2.24, 2.45) is 0 Å². The monoisotopic (exact) mass is 293 g/mol. The van der Waals surface area contributed by atoms with Crippen molar-refractivity contribution >= 4 is 34.2 Å². The predicted octanol–water partition coefficient (Wildman–Crippen LogP) is 2.24. The van der Waals surface area contributed by atoms with Gasteiger partial charge in [-0.15, -0.1) is 10.2 Å². The molecule has 0 unspecified atom stereocenters. The summed E-state index contributed by atoms with van der Waals surface area (Å²) in [5, 5.41) is 17.6. The number of hydrogen-bond acceptors (Lipinski definition) is 6. The van der Waals surface area contributed by atoms with Gasteiger partial charge in [-0.25, -0.2) is 0 Å². The molecule has 0 spiro atoms. The maximum absolute atomic E-state index is 10.5. The van der Waals surface area contributed by atoms with Crippen molar-refractivity contribution in [3.63, 3.8) is 0 Å². The molecule has 0 radical (unpaired) electrons. The van der Waals surface area contributed by atoms with Crippen molar-refractivity contribution in [1.82, 2.24) is 10.2 Å². The average molecular weight is 293 g/mol. The molecule has 0 saturated carbocycles. The quantitative estimate of drug-likeness (QED) is 0.872. The lowest BCUT2D eigenvalue weighted by Gasteiger charge is -2.11. The van der Waals surface area contributed by atoms with E-state index in [-0.39, 0.29) is 5.75 Å². The fraction of sp³-hybridized carbons (Fsp3) is 0.250. The summed E-state index contributed by atoms with van der Waals surface area (Å²) in [6, 6.07) is 8.32. The van der Waals surface area contributed by atoms with Crippen LogP contribution in [-0.2, 0) is 17.9 Å². The minimum Gasteiger partial charge on any atom is -0.481 e. The number of aromatic nitrogens is 2. The molecular formula is C12H11N3O2S2. The zero-order valence-electron chi connectivity index (χ0n) is 9.94. The second-order valence-corrected chi connectivity index (χ2v) is 6.34. The molecule has 1 N–H and O–H groups in total. The second-order valence-electron chi connectivity index (χ2n) is 4.16. The van der Waals surface area contributed by atoms with E-state index in [1.807, 2.05) is 12.1 Å². The van der Waals surface area contributed by atoms with Crippen molar-refractivity contribution in [1.29, 1.82) is 0 Å². The molecule has 0 bridgehead atoms. The SMILES string of the molecule is O=C(O)CSc1nnc(N2Cc3ccccc3C2)s1. The number of carbonyl (C=O) groups is 1. The molecule has 0 saturated heterocycles. The van der Waals surface area contributed by atoms with Gasteiger partial charge in [0.05, 0.1) is 5.75 Å². The minimum absolute atomic E-state index is 0.0227. The van der Waals surface area contributed by atoms with E-state index in [1.54, 1.807) is 0 Å². The van der Waals surface area contributed by atoms with Crippen LogP contribution in [0, 0.1) is 0 Å². The molecule has 7 heteroatoms. The number of nitrogens with zero attached hydrogens (tertiary/aromatic N) is 3. The number of thioether (sulfide) groups is 1. The van der Waals surface area contributed by atoms with Gasteiger partial charge in [0, 0.05) is 13.1 Å². The number of carboxylic acid groups (broad SMARTS) is 1. The average Bonchev–Trinajstić information content (AvgIpc) is 3.02. The van der Waals surface area contributed by atoms with Crippen LogP contribution in [0.15, 0.2) is 28.6 Å². The summed E-state index contributed by atoms with van der Waals surface area (Å²) in [6.45, 7) is 1.68. The van der Waals surface area contributed by atoms with Gasteiger partial charge in [-0.3, -0.25) is 4.79 Å². The molecule has 2 heterocycles. The van der Waals surface area contributed by atoms with E-state index in [0.717, 1.165) is 18.2 Å². The fourth-order valence-corrected chi connectivity index (χ4v) is 3.54. The van der Waals surface area contributed by atoms with Gasteiger partial charge in [0.2, 0.25) is 5.13 Å². The first-order chi connectivity index (χ1) is 9.22. The lowest BCUT2D eigenvalue weighted by atomic mass is 10.1. The first-order valence-electron chi connectivity index (χ1n) is 5.72. The van der Waals surface area contributed by atoms with E-state index in [2.05, 4.69) is 27.2 Å². The van der Waals surface area contributed by atoms with E-state index < -0.39 is 5.97 Å². The summed E-state index contributed by atoms with van der Waals surface area (Å²) < 4.78 is 0.702. The Morgan fingerprint density at radius 2 is 2.00 bits per heavy atom. The van der Waals surface area contributed by atoms with Crippen molar-refractivity contribution in [3.8, 4) is 0 Å². The standard InChI is InChI=1S/C12H11N3O2S2/c16-10(17)7-18-12-14-13-11(19-12)15-5-8-3-1-2-4-9(8)6-15/h1-4H,5-7H2,(H,16,17). The van der Waals surface area contributed by atoms with E-state index in [1.165, 1.54) is 34.2 Å². The molecule has 0 fully saturated rings. The fourth-order valence-electron chi connectivity index (χ4n) is 1.98. The Bertz CT molecular complexity index is 590. The summed E-state index contributed by atoms with van der Waals surface area (Å²) in [6.07, 6.45) is 0. The molecule has 1 aromatic heterocycles. The smallest absolute Gasteiger partial charge is 0.313 e. The molecule has 0 amide bonds. The Hall–Kier alpha value is -1.60. The number of rotatable bonds is 4. The zero-order chi connectivity index (χ0) is 13.2. The Labute approximate surface area is 118 Å². The van der Waals surface area contributed by atoms with Crippen molar-refractivity contribution < 1.29 is 9.90 Å². The largest absolute Gasteiger partial charge is 0.481 e. The highest BCUT2D eigenvalue weighted by atomic mass is 32.2. The van der Waals surface area contributed by atoms with Crippen LogP contribution >= 0.6 is 23.1 Å². The summed E-state index contributed by atoms with van der Waals surface area (Å²) in [5.74, 6) is -0.815. The summed E-state index contributed by atoms with van der Waals surface area (Å²) in [7, 11) is 0. The molecule has 3 rings (SSSR count). The molecule has 1 aromatic carbocycles. The second kappa shape index (κ2) is 5.18. The number of aliphatic carboxylic acids is 1. The van der Waals surface area contributed by atoms with Crippen LogP contribution in [0.5, 0.6) is 0 Å². The van der Waals surface area contributed by atoms with Crippen molar-refractivity contribution in [2.75, 3.05) is 10.7 Å². The zero-order valence-corrected chi connectivity index (χ0v) is 11.6. The highest BCUT2D eigenvalue weighted by Crippen LogP contribution is 2.33. The maximum atomic E-state index is 10.5. The highest BCUT2D eigenvalue weighted by Gasteiger charge is 2.21. The topological polar surface area (TPSA) is 66.3 Å². The van der Waals surface area contributed by atoms with E-state index in [4.69, 9.17) is 5.11 Å².